The van der Waals surface area contributed by atoms with E-state index in [9.17, 15) is 0 Å². The third-order valence-electron chi connectivity index (χ3n) is 3.54. The molecule has 0 radical (unpaired) electrons. The molecule has 5 nitrogen and oxygen atoms in total. The standard InChI is InChI=1S/C13H19N5S/c1-2-14-13-16-11-10(7-15-18-11)12(17-13)19-8-9-5-3-4-6-9/h7,9H,2-6,8H2,1H3,(H2,14,15,16,17,18). The molecular formula is C13H19N5S. The SMILES string of the molecule is CCNc1nc(SCC2CCCC2)c2cn[nH]c2n1. The maximum Gasteiger partial charge on any atom is 0.225 e. The normalized spacial score (nSPS) is 16.3. The van der Waals surface area contributed by atoms with Gasteiger partial charge in [-0.05, 0) is 25.7 Å². The van der Waals surface area contributed by atoms with Gasteiger partial charge in [0.05, 0.1) is 11.6 Å². The molecule has 1 aliphatic carbocycles. The van der Waals surface area contributed by atoms with Crippen LogP contribution in [0.3, 0.4) is 0 Å². The molecular weight excluding hydrogens is 258 g/mol. The number of thioether (sulfide) groups is 1. The van der Waals surface area contributed by atoms with Gasteiger partial charge in [0.15, 0.2) is 5.65 Å². The molecule has 0 bridgehead atoms. The van der Waals surface area contributed by atoms with Gasteiger partial charge in [0.2, 0.25) is 5.95 Å². The molecule has 1 saturated carbocycles. The van der Waals surface area contributed by atoms with Crippen LogP contribution in [0.25, 0.3) is 11.0 Å². The van der Waals surface area contributed by atoms with E-state index in [-0.39, 0.29) is 0 Å². The van der Waals surface area contributed by atoms with Crippen molar-refractivity contribution >= 4 is 28.7 Å². The van der Waals surface area contributed by atoms with E-state index in [0.717, 1.165) is 34.3 Å². The van der Waals surface area contributed by atoms with Crippen molar-refractivity contribution < 1.29 is 0 Å². The van der Waals surface area contributed by atoms with Crippen LogP contribution in [0.5, 0.6) is 0 Å². The van der Waals surface area contributed by atoms with Gasteiger partial charge in [-0.2, -0.15) is 10.1 Å². The summed E-state index contributed by atoms with van der Waals surface area (Å²) in [5.41, 5.74) is 0.819. The first kappa shape index (κ1) is 12.7. The smallest absolute Gasteiger partial charge is 0.225 e. The molecule has 0 spiro atoms. The van der Waals surface area contributed by atoms with Gasteiger partial charge in [-0.25, -0.2) is 4.98 Å². The molecule has 2 N–H and O–H groups in total. The molecule has 102 valence electrons. The van der Waals surface area contributed by atoms with Crippen LogP contribution in [0, 0.1) is 5.92 Å². The Morgan fingerprint density at radius 1 is 1.37 bits per heavy atom. The summed E-state index contributed by atoms with van der Waals surface area (Å²) in [6.07, 6.45) is 7.33. The number of aromatic amines is 1. The van der Waals surface area contributed by atoms with Gasteiger partial charge in [0.1, 0.15) is 5.03 Å². The number of hydrogen-bond acceptors (Lipinski definition) is 5. The minimum Gasteiger partial charge on any atom is -0.354 e. The van der Waals surface area contributed by atoms with Crippen molar-refractivity contribution in [1.29, 1.82) is 0 Å². The van der Waals surface area contributed by atoms with Crippen molar-refractivity contribution in [2.24, 2.45) is 5.92 Å². The molecule has 19 heavy (non-hydrogen) atoms. The Balaban J connectivity index is 1.80. The van der Waals surface area contributed by atoms with E-state index >= 15 is 0 Å². The Labute approximate surface area is 117 Å². The van der Waals surface area contributed by atoms with Crippen molar-refractivity contribution in [2.45, 2.75) is 37.6 Å². The fourth-order valence-electron chi connectivity index (χ4n) is 2.53. The molecule has 0 aromatic carbocycles. The van der Waals surface area contributed by atoms with Gasteiger partial charge in [-0.3, -0.25) is 5.10 Å². The van der Waals surface area contributed by atoms with Crippen LogP contribution in [0.15, 0.2) is 11.2 Å². The average molecular weight is 277 g/mol. The van der Waals surface area contributed by atoms with Crippen LogP contribution in [-0.2, 0) is 0 Å². The lowest BCUT2D eigenvalue weighted by molar-refractivity contribution is 0.623. The largest absolute Gasteiger partial charge is 0.354 e. The quantitative estimate of drug-likeness (QED) is 0.649. The number of H-pyrrole nitrogens is 1. The Bertz CT molecular complexity index is 547. The summed E-state index contributed by atoms with van der Waals surface area (Å²) in [5, 5.41) is 12.3. The summed E-state index contributed by atoms with van der Waals surface area (Å²) >= 11 is 1.84. The molecule has 2 heterocycles. The molecule has 1 fully saturated rings. The van der Waals surface area contributed by atoms with Gasteiger partial charge < -0.3 is 5.32 Å². The topological polar surface area (TPSA) is 66.5 Å². The van der Waals surface area contributed by atoms with Crippen LogP contribution in [0.2, 0.25) is 0 Å². The Morgan fingerprint density at radius 2 is 2.21 bits per heavy atom. The first-order valence-corrected chi connectivity index (χ1v) is 7.93. The summed E-state index contributed by atoms with van der Waals surface area (Å²) < 4.78 is 0. The summed E-state index contributed by atoms with van der Waals surface area (Å²) in [6.45, 7) is 2.87. The molecule has 0 aliphatic heterocycles. The highest BCUT2D eigenvalue weighted by Crippen LogP contribution is 2.32. The van der Waals surface area contributed by atoms with Gasteiger partial charge in [0.25, 0.3) is 0 Å². The summed E-state index contributed by atoms with van der Waals surface area (Å²) in [4.78, 5) is 9.02. The van der Waals surface area contributed by atoms with Crippen LogP contribution in [0.1, 0.15) is 32.6 Å². The zero-order valence-electron chi connectivity index (χ0n) is 11.1. The van der Waals surface area contributed by atoms with E-state index in [1.807, 2.05) is 24.9 Å². The number of nitrogens with one attached hydrogen (secondary N) is 2. The van der Waals surface area contributed by atoms with Gasteiger partial charge in [0, 0.05) is 12.3 Å². The third-order valence-corrected chi connectivity index (χ3v) is 4.76. The van der Waals surface area contributed by atoms with Crippen molar-refractivity contribution in [2.75, 3.05) is 17.6 Å². The first-order chi connectivity index (χ1) is 9.36. The molecule has 0 amide bonds. The third kappa shape index (κ3) is 2.83. The lowest BCUT2D eigenvalue weighted by atomic mass is 10.1. The van der Waals surface area contributed by atoms with Crippen LogP contribution in [0.4, 0.5) is 5.95 Å². The average Bonchev–Trinajstić information content (AvgIpc) is 3.07. The molecule has 0 saturated heterocycles. The van der Waals surface area contributed by atoms with Crippen molar-refractivity contribution in [3.05, 3.63) is 6.20 Å². The highest BCUT2D eigenvalue weighted by atomic mass is 32.2. The highest BCUT2D eigenvalue weighted by molar-refractivity contribution is 7.99. The van der Waals surface area contributed by atoms with Crippen molar-refractivity contribution in [1.82, 2.24) is 20.2 Å². The number of rotatable bonds is 5. The predicted molar refractivity (Wildman–Crippen MR) is 78.5 cm³/mol. The summed E-state index contributed by atoms with van der Waals surface area (Å²) in [7, 11) is 0. The van der Waals surface area contributed by atoms with Crippen LogP contribution in [-0.4, -0.2) is 32.5 Å². The minimum atomic E-state index is 0.688. The maximum atomic E-state index is 4.60. The second-order valence-electron chi connectivity index (χ2n) is 4.98. The fourth-order valence-corrected chi connectivity index (χ4v) is 3.71. The highest BCUT2D eigenvalue weighted by Gasteiger charge is 2.17. The molecule has 1 aliphatic rings. The van der Waals surface area contributed by atoms with E-state index in [1.165, 1.54) is 25.7 Å². The molecule has 2 aromatic heterocycles. The van der Waals surface area contributed by atoms with Gasteiger partial charge in [-0.15, -0.1) is 11.8 Å². The Hall–Kier alpha value is -1.30. The van der Waals surface area contributed by atoms with Gasteiger partial charge in [-0.1, -0.05) is 12.8 Å². The number of fused-ring (bicyclic) bond motifs is 1. The Kier molecular flexibility index (Phi) is 3.87. The molecule has 0 atom stereocenters. The van der Waals surface area contributed by atoms with Crippen LogP contribution < -0.4 is 5.32 Å². The number of aromatic nitrogens is 4. The lowest BCUT2D eigenvalue weighted by Crippen LogP contribution is -2.04. The minimum absolute atomic E-state index is 0.688. The van der Waals surface area contributed by atoms with E-state index in [4.69, 9.17) is 0 Å². The van der Waals surface area contributed by atoms with E-state index in [0.29, 0.717) is 5.95 Å². The van der Waals surface area contributed by atoms with Gasteiger partial charge >= 0.3 is 0 Å². The molecule has 3 rings (SSSR count). The number of hydrogen-bond donors (Lipinski definition) is 2. The molecule has 6 heteroatoms. The van der Waals surface area contributed by atoms with E-state index in [1.54, 1.807) is 0 Å². The first-order valence-electron chi connectivity index (χ1n) is 6.94. The predicted octanol–water partition coefficient (Wildman–Crippen LogP) is 3.07. The number of anilines is 1. The lowest BCUT2D eigenvalue weighted by Gasteiger charge is -2.09. The Morgan fingerprint density at radius 3 is 3.00 bits per heavy atom. The second kappa shape index (κ2) is 5.77. The summed E-state index contributed by atoms with van der Waals surface area (Å²) in [6, 6.07) is 0. The van der Waals surface area contributed by atoms with Crippen LogP contribution >= 0.6 is 11.8 Å². The maximum absolute atomic E-state index is 4.60. The zero-order chi connectivity index (χ0) is 13.1. The van der Waals surface area contributed by atoms with E-state index in [2.05, 4.69) is 25.5 Å². The monoisotopic (exact) mass is 277 g/mol. The second-order valence-corrected chi connectivity index (χ2v) is 5.99. The van der Waals surface area contributed by atoms with E-state index < -0.39 is 0 Å². The molecule has 0 unspecified atom stereocenters. The summed E-state index contributed by atoms with van der Waals surface area (Å²) in [5.74, 6) is 2.70. The number of nitrogens with zero attached hydrogens (tertiary/aromatic N) is 3. The fraction of sp³-hybridized carbons (Fsp3) is 0.615. The molecule has 2 aromatic rings. The zero-order valence-corrected chi connectivity index (χ0v) is 12.0. The van der Waals surface area contributed by atoms with Crippen molar-refractivity contribution in [3.8, 4) is 0 Å². The van der Waals surface area contributed by atoms with Crippen molar-refractivity contribution in [3.63, 3.8) is 0 Å².